The number of rotatable bonds is 0. The number of allylic oxidation sites excluding steroid dienone is 1. The molecule has 0 aromatic heterocycles. The fourth-order valence-electron chi connectivity index (χ4n) is 1.69. The second-order valence-electron chi connectivity index (χ2n) is 3.63. The highest BCUT2D eigenvalue weighted by Gasteiger charge is 2.49. The van der Waals surface area contributed by atoms with E-state index in [1.54, 1.807) is 6.08 Å². The van der Waals surface area contributed by atoms with E-state index in [9.17, 15) is 9.90 Å². The number of alkyl halides is 1. The summed E-state index contributed by atoms with van der Waals surface area (Å²) in [6.07, 6.45) is 2.67. The lowest BCUT2D eigenvalue weighted by Gasteiger charge is -2.33. The molecule has 1 aliphatic carbocycles. The maximum Gasteiger partial charge on any atom is 0.188 e. The van der Waals surface area contributed by atoms with Crippen LogP contribution < -0.4 is 0 Å². The molecule has 0 aromatic carbocycles. The lowest BCUT2D eigenvalue weighted by atomic mass is 9.84. The molecule has 3 atom stereocenters. The van der Waals surface area contributed by atoms with Crippen molar-refractivity contribution in [3.63, 3.8) is 0 Å². The van der Waals surface area contributed by atoms with E-state index in [0.29, 0.717) is 6.42 Å². The molecule has 0 unspecified atom stereocenters. The summed E-state index contributed by atoms with van der Waals surface area (Å²) in [7, 11) is 0. The first kappa shape index (κ1) is 9.86. The molecule has 0 amide bonds. The largest absolute Gasteiger partial charge is 0.387 e. The van der Waals surface area contributed by atoms with Crippen molar-refractivity contribution in [2.24, 2.45) is 5.16 Å². The fourth-order valence-corrected chi connectivity index (χ4v) is 2.29. The number of hydrogen-bond donors (Lipinski definition) is 1. The van der Waals surface area contributed by atoms with Crippen molar-refractivity contribution in [2.45, 2.75) is 29.9 Å². The summed E-state index contributed by atoms with van der Waals surface area (Å²) in [6.45, 7) is 1.83. The number of halogens is 1. The van der Waals surface area contributed by atoms with Gasteiger partial charge >= 0.3 is 0 Å². The van der Waals surface area contributed by atoms with E-state index in [1.807, 2.05) is 6.92 Å². The minimum Gasteiger partial charge on any atom is -0.387 e. The molecule has 0 radical (unpaired) electrons. The van der Waals surface area contributed by atoms with Gasteiger partial charge in [-0.1, -0.05) is 21.1 Å². The molecule has 76 valence electrons. The van der Waals surface area contributed by atoms with Gasteiger partial charge in [-0.05, 0) is 19.1 Å². The summed E-state index contributed by atoms with van der Waals surface area (Å²) >= 11 is 3.14. The Morgan fingerprint density at radius 1 is 1.79 bits per heavy atom. The van der Waals surface area contributed by atoms with Crippen LogP contribution in [0.25, 0.3) is 0 Å². The normalized spacial score (nSPS) is 41.4. The molecule has 14 heavy (non-hydrogen) atoms. The van der Waals surface area contributed by atoms with Crippen molar-refractivity contribution in [3.8, 4) is 0 Å². The highest BCUT2D eigenvalue weighted by atomic mass is 79.9. The molecule has 5 heteroatoms. The van der Waals surface area contributed by atoms with E-state index in [1.165, 1.54) is 6.08 Å². The van der Waals surface area contributed by atoms with Crippen molar-refractivity contribution in [3.05, 3.63) is 12.2 Å². The smallest absolute Gasteiger partial charge is 0.188 e. The highest BCUT2D eigenvalue weighted by molar-refractivity contribution is 9.10. The third kappa shape index (κ3) is 1.31. The minimum absolute atomic E-state index is 0.142. The molecule has 1 spiro atoms. The van der Waals surface area contributed by atoms with Crippen molar-refractivity contribution < 1.29 is 14.7 Å². The van der Waals surface area contributed by atoms with Crippen LogP contribution >= 0.6 is 15.9 Å². The van der Waals surface area contributed by atoms with Gasteiger partial charge in [-0.25, -0.2) is 0 Å². The van der Waals surface area contributed by atoms with Crippen LogP contribution in [0.2, 0.25) is 0 Å². The number of aliphatic hydroxyl groups excluding tert-OH is 1. The Morgan fingerprint density at radius 3 is 3.07 bits per heavy atom. The number of aliphatic hydroxyl groups is 1. The molecule has 0 fully saturated rings. The molecule has 4 nitrogen and oxygen atoms in total. The number of ketones is 1. The number of carbonyl (C=O) groups excluding carboxylic acids is 1. The SMILES string of the molecule is CC1=NO[C@@]2(C=CC(=O)[C@H](Br)[C@H]2O)C1. The first-order valence-electron chi connectivity index (χ1n) is 4.32. The maximum atomic E-state index is 11.2. The second kappa shape index (κ2) is 3.17. The van der Waals surface area contributed by atoms with Crippen LogP contribution in [0, 0.1) is 0 Å². The fraction of sp³-hybridized carbons (Fsp3) is 0.556. The highest BCUT2D eigenvalue weighted by Crippen LogP contribution is 2.35. The van der Waals surface area contributed by atoms with E-state index in [4.69, 9.17) is 4.84 Å². The van der Waals surface area contributed by atoms with Gasteiger partial charge in [0.2, 0.25) is 0 Å². The Hall–Kier alpha value is -0.680. The van der Waals surface area contributed by atoms with E-state index < -0.39 is 16.5 Å². The summed E-state index contributed by atoms with van der Waals surface area (Å²) in [5.41, 5.74) is -0.0191. The second-order valence-corrected chi connectivity index (χ2v) is 4.62. The summed E-state index contributed by atoms with van der Waals surface area (Å²) < 4.78 is 0. The van der Waals surface area contributed by atoms with Gasteiger partial charge in [0.25, 0.3) is 0 Å². The first-order chi connectivity index (χ1) is 6.55. The average Bonchev–Trinajstić information content (AvgIpc) is 2.53. The third-order valence-electron chi connectivity index (χ3n) is 2.48. The van der Waals surface area contributed by atoms with Gasteiger partial charge in [0.05, 0.1) is 5.71 Å². The van der Waals surface area contributed by atoms with Gasteiger partial charge in [0.1, 0.15) is 10.9 Å². The van der Waals surface area contributed by atoms with Crippen LogP contribution in [0.4, 0.5) is 0 Å². The maximum absolute atomic E-state index is 11.2. The summed E-state index contributed by atoms with van der Waals surface area (Å²) in [4.78, 5) is 15.8. The standard InChI is InChI=1S/C9H10BrNO3/c1-5-4-9(14-11-5)3-2-6(12)7(10)8(9)13/h2-3,7-8,13H,4H2,1H3/t7-,8+,9-/m0/s1. The lowest BCUT2D eigenvalue weighted by Crippen LogP contribution is -2.50. The summed E-state index contributed by atoms with van der Waals surface area (Å²) in [5.74, 6) is -0.142. The monoisotopic (exact) mass is 259 g/mol. The number of carbonyl (C=O) groups is 1. The van der Waals surface area contributed by atoms with E-state index in [-0.39, 0.29) is 5.78 Å². The summed E-state index contributed by atoms with van der Waals surface area (Å²) in [5, 5.41) is 13.7. The van der Waals surface area contributed by atoms with Crippen LogP contribution in [-0.4, -0.2) is 33.1 Å². The van der Waals surface area contributed by atoms with E-state index in [0.717, 1.165) is 5.71 Å². The Balaban J connectivity index is 2.30. The third-order valence-corrected chi connectivity index (χ3v) is 3.43. The summed E-state index contributed by atoms with van der Waals surface area (Å²) in [6, 6.07) is 0. The number of oxime groups is 1. The Morgan fingerprint density at radius 2 is 2.50 bits per heavy atom. The van der Waals surface area contributed by atoms with Crippen LogP contribution in [-0.2, 0) is 9.63 Å². The molecular formula is C9H10BrNO3. The molecule has 0 saturated heterocycles. The van der Waals surface area contributed by atoms with Crippen LogP contribution in [0.1, 0.15) is 13.3 Å². The number of hydrogen-bond acceptors (Lipinski definition) is 4. The van der Waals surface area contributed by atoms with E-state index >= 15 is 0 Å². The molecule has 0 saturated carbocycles. The number of nitrogens with zero attached hydrogens (tertiary/aromatic N) is 1. The quantitative estimate of drug-likeness (QED) is 0.655. The lowest BCUT2D eigenvalue weighted by molar-refractivity contribution is -0.124. The van der Waals surface area contributed by atoms with Crippen LogP contribution in [0.15, 0.2) is 17.3 Å². The Labute approximate surface area is 89.7 Å². The topological polar surface area (TPSA) is 58.9 Å². The Bertz CT molecular complexity index is 339. The zero-order valence-corrected chi connectivity index (χ0v) is 9.19. The molecule has 1 heterocycles. The van der Waals surface area contributed by atoms with E-state index in [2.05, 4.69) is 21.1 Å². The van der Waals surface area contributed by atoms with Crippen molar-refractivity contribution >= 4 is 27.4 Å². The molecule has 1 N–H and O–H groups in total. The molecule has 2 aliphatic rings. The van der Waals surface area contributed by atoms with Gasteiger partial charge in [-0.2, -0.15) is 0 Å². The molecule has 2 rings (SSSR count). The minimum atomic E-state index is -0.888. The van der Waals surface area contributed by atoms with Gasteiger partial charge in [-0.15, -0.1) is 0 Å². The zero-order valence-electron chi connectivity index (χ0n) is 7.61. The van der Waals surface area contributed by atoms with Gasteiger partial charge in [0, 0.05) is 6.42 Å². The molecule has 1 aliphatic heterocycles. The van der Waals surface area contributed by atoms with Gasteiger partial charge < -0.3 is 9.94 Å². The average molecular weight is 260 g/mol. The molecule has 0 bridgehead atoms. The first-order valence-corrected chi connectivity index (χ1v) is 5.23. The van der Waals surface area contributed by atoms with Gasteiger partial charge in [0.15, 0.2) is 11.4 Å². The Kier molecular flexibility index (Phi) is 2.23. The molecule has 0 aromatic rings. The van der Waals surface area contributed by atoms with Crippen molar-refractivity contribution in [1.29, 1.82) is 0 Å². The van der Waals surface area contributed by atoms with Gasteiger partial charge in [-0.3, -0.25) is 4.79 Å². The predicted molar refractivity (Wildman–Crippen MR) is 54.4 cm³/mol. The van der Waals surface area contributed by atoms with Crippen LogP contribution in [0.5, 0.6) is 0 Å². The van der Waals surface area contributed by atoms with Crippen molar-refractivity contribution in [1.82, 2.24) is 0 Å². The molecular weight excluding hydrogens is 250 g/mol. The van der Waals surface area contributed by atoms with Crippen molar-refractivity contribution in [2.75, 3.05) is 0 Å². The predicted octanol–water partition coefficient (Wildman–Crippen LogP) is 0.785. The zero-order chi connectivity index (χ0) is 10.3. The van der Waals surface area contributed by atoms with Crippen LogP contribution in [0.3, 0.4) is 0 Å².